The molecule has 23 heavy (non-hydrogen) atoms. The van der Waals surface area contributed by atoms with Crippen LogP contribution < -0.4 is 0 Å². The summed E-state index contributed by atoms with van der Waals surface area (Å²) in [5.74, 6) is -3.16. The zero-order valence-electron chi connectivity index (χ0n) is 13.7. The highest BCUT2D eigenvalue weighted by Crippen LogP contribution is 2.27. The number of hydrogen-bond donors (Lipinski definition) is 4. The van der Waals surface area contributed by atoms with Crippen LogP contribution in [0.15, 0.2) is 18.2 Å². The molecule has 0 radical (unpaired) electrons. The lowest BCUT2D eigenvalue weighted by Crippen LogP contribution is -2.62. The standard InChI is InChI=1S/C15H22BNO6/c1-9(2)14(19)17(3,4)12(16(22)23)8-10-6-5-7-11(13(10)18)15(20)21/h5-7,9,12,22-23H,8H2,1-4H3,(H-,18,20,21)/p+1. The van der Waals surface area contributed by atoms with Crippen molar-refractivity contribution >= 4 is 19.0 Å². The first-order valence-corrected chi connectivity index (χ1v) is 7.28. The molecule has 0 spiro atoms. The van der Waals surface area contributed by atoms with Gasteiger partial charge in [0, 0.05) is 12.0 Å². The maximum absolute atomic E-state index is 12.4. The molecule has 0 aromatic heterocycles. The van der Waals surface area contributed by atoms with Gasteiger partial charge in [0.05, 0.1) is 20.0 Å². The second kappa shape index (κ2) is 7.12. The molecule has 126 valence electrons. The smallest absolute Gasteiger partial charge is 0.507 e. The molecule has 1 amide bonds. The second-order valence-electron chi connectivity index (χ2n) is 6.34. The van der Waals surface area contributed by atoms with Crippen LogP contribution in [0.25, 0.3) is 0 Å². The number of aromatic carboxylic acids is 1. The van der Waals surface area contributed by atoms with E-state index in [2.05, 4.69) is 0 Å². The monoisotopic (exact) mass is 324 g/mol. The van der Waals surface area contributed by atoms with Gasteiger partial charge in [-0.3, -0.25) is 4.48 Å². The summed E-state index contributed by atoms with van der Waals surface area (Å²) in [5, 5.41) is 38.5. The fourth-order valence-corrected chi connectivity index (χ4v) is 2.65. The van der Waals surface area contributed by atoms with Crippen molar-refractivity contribution < 1.29 is 34.3 Å². The molecule has 0 bridgehead atoms. The third-order valence-electron chi connectivity index (χ3n) is 4.01. The SMILES string of the molecule is CC(C)C(=O)[N+](C)(C)C(Cc1cccc(C(=O)O)c1O)B(O)O. The number of carboxylic acids is 1. The van der Waals surface area contributed by atoms with Gasteiger partial charge in [-0.2, -0.15) is 0 Å². The Balaban J connectivity index is 3.23. The van der Waals surface area contributed by atoms with E-state index in [9.17, 15) is 24.7 Å². The molecular weight excluding hydrogens is 301 g/mol. The minimum absolute atomic E-state index is 0.0594. The van der Waals surface area contributed by atoms with E-state index >= 15 is 0 Å². The van der Waals surface area contributed by atoms with Gasteiger partial charge in [-0.25, -0.2) is 9.59 Å². The number of rotatable bonds is 6. The highest BCUT2D eigenvalue weighted by atomic mass is 16.4. The van der Waals surface area contributed by atoms with E-state index in [1.807, 2.05) is 0 Å². The van der Waals surface area contributed by atoms with Crippen LogP contribution in [-0.4, -0.2) is 63.8 Å². The van der Waals surface area contributed by atoms with Crippen LogP contribution in [0.5, 0.6) is 5.75 Å². The van der Waals surface area contributed by atoms with Gasteiger partial charge in [0.15, 0.2) is 0 Å². The first kappa shape index (κ1) is 19.2. The Morgan fingerprint density at radius 1 is 1.22 bits per heavy atom. The van der Waals surface area contributed by atoms with Gasteiger partial charge in [0.1, 0.15) is 17.3 Å². The lowest BCUT2D eigenvalue weighted by molar-refractivity contribution is -0.830. The molecule has 0 aliphatic carbocycles. The summed E-state index contributed by atoms with van der Waals surface area (Å²) in [6, 6.07) is 4.21. The molecule has 4 N–H and O–H groups in total. The number of carbonyl (C=O) groups excluding carboxylic acids is 1. The lowest BCUT2D eigenvalue weighted by Gasteiger charge is -2.36. The molecule has 0 saturated carbocycles. The van der Waals surface area contributed by atoms with Gasteiger partial charge in [-0.05, 0) is 19.9 Å². The Morgan fingerprint density at radius 3 is 2.22 bits per heavy atom. The van der Waals surface area contributed by atoms with Crippen LogP contribution >= 0.6 is 0 Å². The maximum Gasteiger partial charge on any atom is 0.516 e. The Kier molecular flexibility index (Phi) is 5.93. The number of quaternary nitrogens is 1. The van der Waals surface area contributed by atoms with Crippen molar-refractivity contribution in [3.05, 3.63) is 29.3 Å². The van der Waals surface area contributed by atoms with E-state index in [0.29, 0.717) is 0 Å². The summed E-state index contributed by atoms with van der Waals surface area (Å²) in [5.41, 5.74) is -0.0278. The van der Waals surface area contributed by atoms with Gasteiger partial charge in [0.25, 0.3) is 0 Å². The molecule has 8 heteroatoms. The minimum atomic E-state index is -1.81. The van der Waals surface area contributed by atoms with E-state index in [-0.39, 0.29) is 33.9 Å². The Bertz CT molecular complexity index is 600. The van der Waals surface area contributed by atoms with Crippen LogP contribution in [0.2, 0.25) is 0 Å². The molecule has 7 nitrogen and oxygen atoms in total. The average Bonchev–Trinajstić information content (AvgIpc) is 2.44. The zero-order valence-corrected chi connectivity index (χ0v) is 13.7. The maximum atomic E-state index is 12.4. The van der Waals surface area contributed by atoms with Crippen LogP contribution in [0.3, 0.4) is 0 Å². The Hall–Kier alpha value is -1.90. The topological polar surface area (TPSA) is 115 Å². The molecule has 1 rings (SSSR count). The van der Waals surface area contributed by atoms with Gasteiger partial charge in [-0.15, -0.1) is 0 Å². The van der Waals surface area contributed by atoms with Crippen LogP contribution in [0.4, 0.5) is 0 Å². The average molecular weight is 324 g/mol. The molecule has 0 saturated heterocycles. The third-order valence-corrected chi connectivity index (χ3v) is 4.01. The highest BCUT2D eigenvalue weighted by Gasteiger charge is 2.45. The predicted molar refractivity (Wildman–Crippen MR) is 84.7 cm³/mol. The molecule has 0 aliphatic rings. The lowest BCUT2D eigenvalue weighted by atomic mass is 9.73. The number of hydrogen-bond acceptors (Lipinski definition) is 5. The normalized spacial score (nSPS) is 13.0. The zero-order chi connectivity index (χ0) is 17.9. The first-order valence-electron chi connectivity index (χ1n) is 7.28. The quantitative estimate of drug-likeness (QED) is 0.441. The Morgan fingerprint density at radius 2 is 1.78 bits per heavy atom. The number of benzene rings is 1. The number of carbonyl (C=O) groups is 2. The van der Waals surface area contributed by atoms with E-state index in [1.54, 1.807) is 27.9 Å². The van der Waals surface area contributed by atoms with Crippen molar-refractivity contribution in [2.24, 2.45) is 5.92 Å². The summed E-state index contributed by atoms with van der Waals surface area (Å²) < 4.78 is -0.300. The number of para-hydroxylation sites is 1. The first-order chi connectivity index (χ1) is 10.5. The fourth-order valence-electron chi connectivity index (χ4n) is 2.65. The molecule has 0 aliphatic heterocycles. The third kappa shape index (κ3) is 4.10. The number of amides is 1. The minimum Gasteiger partial charge on any atom is -0.507 e. The van der Waals surface area contributed by atoms with Crippen molar-refractivity contribution in [2.45, 2.75) is 26.2 Å². The van der Waals surface area contributed by atoms with Crippen LogP contribution in [0, 0.1) is 5.92 Å². The van der Waals surface area contributed by atoms with Crippen LogP contribution in [0.1, 0.15) is 29.8 Å². The molecule has 1 unspecified atom stereocenters. The van der Waals surface area contributed by atoms with Crippen molar-refractivity contribution in [1.29, 1.82) is 0 Å². The van der Waals surface area contributed by atoms with E-state index in [0.717, 1.165) is 0 Å². The largest absolute Gasteiger partial charge is 0.516 e. The van der Waals surface area contributed by atoms with E-state index in [1.165, 1.54) is 18.2 Å². The van der Waals surface area contributed by atoms with Crippen molar-refractivity contribution in [3.63, 3.8) is 0 Å². The predicted octanol–water partition coefficient (Wildman–Crippen LogP) is 0.272. The molecule has 1 aromatic rings. The van der Waals surface area contributed by atoms with Crippen molar-refractivity contribution in [2.75, 3.05) is 14.1 Å². The second-order valence-corrected chi connectivity index (χ2v) is 6.34. The van der Waals surface area contributed by atoms with Crippen molar-refractivity contribution in [3.8, 4) is 5.75 Å². The molecule has 0 heterocycles. The van der Waals surface area contributed by atoms with Crippen LogP contribution in [-0.2, 0) is 11.2 Å². The molecular formula is C15H23BNO6+. The highest BCUT2D eigenvalue weighted by molar-refractivity contribution is 6.43. The summed E-state index contributed by atoms with van der Waals surface area (Å²) in [4.78, 5) is 23.4. The summed E-state index contributed by atoms with van der Waals surface area (Å²) in [6.45, 7) is 3.43. The van der Waals surface area contributed by atoms with E-state index in [4.69, 9.17) is 5.11 Å². The number of carboxylic acid groups (broad SMARTS) is 1. The van der Waals surface area contributed by atoms with Gasteiger partial charge < -0.3 is 20.3 Å². The summed E-state index contributed by atoms with van der Waals surface area (Å²) in [6.07, 6.45) is -0.0594. The summed E-state index contributed by atoms with van der Waals surface area (Å²) >= 11 is 0. The fraction of sp³-hybridized carbons (Fsp3) is 0.467. The van der Waals surface area contributed by atoms with Crippen molar-refractivity contribution in [1.82, 2.24) is 0 Å². The molecule has 0 fully saturated rings. The van der Waals surface area contributed by atoms with Gasteiger partial charge >= 0.3 is 19.0 Å². The number of nitrogens with zero attached hydrogens (tertiary/aromatic N) is 1. The molecule has 1 aromatic carbocycles. The van der Waals surface area contributed by atoms with E-state index < -0.39 is 24.8 Å². The van der Waals surface area contributed by atoms with Gasteiger partial charge in [0.2, 0.25) is 0 Å². The number of likely N-dealkylation sites (N-methyl/N-ethyl adjacent to an activating group) is 1. The number of aromatic hydroxyl groups is 1. The summed E-state index contributed by atoms with van der Waals surface area (Å²) in [7, 11) is 1.32. The Labute approximate surface area is 135 Å². The number of phenols is 1. The van der Waals surface area contributed by atoms with Gasteiger partial charge in [-0.1, -0.05) is 12.1 Å². The molecule has 1 atom stereocenters.